The number of esters is 1. The number of nitrogens with zero attached hydrogens (tertiary/aromatic N) is 3. The first-order valence-corrected chi connectivity index (χ1v) is 8.19. The molecule has 2 aromatic heterocycles. The Morgan fingerprint density at radius 1 is 1.28 bits per heavy atom. The summed E-state index contributed by atoms with van der Waals surface area (Å²) in [6.07, 6.45) is 0. The highest BCUT2D eigenvalue weighted by Gasteiger charge is 2.18. The molecular formula is C16H14N4O4S. The lowest BCUT2D eigenvalue weighted by molar-refractivity contribution is -0.119. The SMILES string of the molecule is Cc1csc(NC(=O)COC(=O)c2nn(C)c(=O)c3ccccc23)n1. The molecule has 3 rings (SSSR count). The van der Waals surface area contributed by atoms with Crippen molar-refractivity contribution in [1.82, 2.24) is 14.8 Å². The maximum Gasteiger partial charge on any atom is 0.359 e. The van der Waals surface area contributed by atoms with Gasteiger partial charge >= 0.3 is 5.97 Å². The number of carbonyl (C=O) groups excluding carboxylic acids is 2. The second-order valence-corrected chi connectivity index (χ2v) is 6.10. The fourth-order valence-electron chi connectivity index (χ4n) is 2.22. The highest BCUT2D eigenvalue weighted by Crippen LogP contribution is 2.15. The molecule has 8 nitrogen and oxygen atoms in total. The molecule has 1 amide bonds. The minimum atomic E-state index is -0.780. The van der Waals surface area contributed by atoms with E-state index in [1.54, 1.807) is 29.6 Å². The highest BCUT2D eigenvalue weighted by atomic mass is 32.1. The summed E-state index contributed by atoms with van der Waals surface area (Å²) in [5.41, 5.74) is 0.456. The van der Waals surface area contributed by atoms with Crippen LogP contribution in [0.25, 0.3) is 10.8 Å². The van der Waals surface area contributed by atoms with Crippen molar-refractivity contribution < 1.29 is 14.3 Å². The number of hydrogen-bond acceptors (Lipinski definition) is 7. The molecule has 0 fully saturated rings. The molecule has 0 unspecified atom stereocenters. The number of thiazole rings is 1. The number of benzene rings is 1. The van der Waals surface area contributed by atoms with Crippen LogP contribution in [0.4, 0.5) is 5.13 Å². The van der Waals surface area contributed by atoms with Crippen molar-refractivity contribution in [3.63, 3.8) is 0 Å². The van der Waals surface area contributed by atoms with Crippen LogP contribution in [0.2, 0.25) is 0 Å². The first-order valence-electron chi connectivity index (χ1n) is 7.31. The van der Waals surface area contributed by atoms with Gasteiger partial charge in [-0.1, -0.05) is 18.2 Å². The van der Waals surface area contributed by atoms with E-state index in [9.17, 15) is 14.4 Å². The second kappa shape index (κ2) is 6.81. The Bertz CT molecular complexity index is 1020. The Balaban J connectivity index is 1.75. The Hall–Kier alpha value is -3.07. The zero-order valence-electron chi connectivity index (χ0n) is 13.5. The van der Waals surface area contributed by atoms with Gasteiger partial charge in [0.2, 0.25) is 0 Å². The van der Waals surface area contributed by atoms with Crippen LogP contribution in [0.5, 0.6) is 0 Å². The fourth-order valence-corrected chi connectivity index (χ4v) is 2.92. The third-order valence-electron chi connectivity index (χ3n) is 3.35. The first-order chi connectivity index (χ1) is 12.0. The summed E-state index contributed by atoms with van der Waals surface area (Å²) in [6.45, 7) is 1.33. The molecule has 0 aliphatic heterocycles. The van der Waals surface area contributed by atoms with Gasteiger partial charge in [-0.3, -0.25) is 14.9 Å². The van der Waals surface area contributed by atoms with Crippen molar-refractivity contribution in [3.8, 4) is 0 Å². The van der Waals surface area contributed by atoms with E-state index in [1.165, 1.54) is 18.4 Å². The van der Waals surface area contributed by atoms with Crippen LogP contribution < -0.4 is 10.9 Å². The average Bonchev–Trinajstić information content (AvgIpc) is 3.00. The van der Waals surface area contributed by atoms with Crippen LogP contribution in [0.1, 0.15) is 16.2 Å². The van der Waals surface area contributed by atoms with Crippen LogP contribution in [0, 0.1) is 6.92 Å². The monoisotopic (exact) mass is 358 g/mol. The lowest BCUT2D eigenvalue weighted by Crippen LogP contribution is -2.26. The third kappa shape index (κ3) is 3.56. The molecule has 3 aromatic rings. The van der Waals surface area contributed by atoms with Gasteiger partial charge in [-0.2, -0.15) is 5.10 Å². The van der Waals surface area contributed by atoms with E-state index in [4.69, 9.17) is 4.74 Å². The van der Waals surface area contributed by atoms with E-state index in [2.05, 4.69) is 15.4 Å². The van der Waals surface area contributed by atoms with Crippen LogP contribution in [0.3, 0.4) is 0 Å². The van der Waals surface area contributed by atoms with Gasteiger partial charge in [0.05, 0.1) is 11.1 Å². The highest BCUT2D eigenvalue weighted by molar-refractivity contribution is 7.13. The molecule has 2 heterocycles. The van der Waals surface area contributed by atoms with E-state index >= 15 is 0 Å². The molecule has 0 saturated carbocycles. The van der Waals surface area contributed by atoms with Gasteiger partial charge in [-0.05, 0) is 13.0 Å². The smallest absolute Gasteiger partial charge is 0.359 e. The maximum atomic E-state index is 12.3. The molecule has 0 atom stereocenters. The van der Waals surface area contributed by atoms with Gasteiger partial charge in [0.15, 0.2) is 17.4 Å². The molecule has 128 valence electrons. The van der Waals surface area contributed by atoms with Gasteiger partial charge in [-0.25, -0.2) is 14.5 Å². The predicted octanol–water partition coefficient (Wildman–Crippen LogP) is 1.49. The summed E-state index contributed by atoms with van der Waals surface area (Å²) in [4.78, 5) is 40.3. The van der Waals surface area contributed by atoms with Crippen LogP contribution in [-0.4, -0.2) is 33.2 Å². The van der Waals surface area contributed by atoms with Crippen LogP contribution >= 0.6 is 11.3 Å². The Morgan fingerprint density at radius 2 is 2.00 bits per heavy atom. The molecule has 1 aromatic carbocycles. The van der Waals surface area contributed by atoms with Gasteiger partial charge in [-0.15, -0.1) is 11.3 Å². The summed E-state index contributed by atoms with van der Waals surface area (Å²) in [7, 11) is 1.45. The van der Waals surface area contributed by atoms with E-state index in [0.29, 0.717) is 15.9 Å². The molecule has 25 heavy (non-hydrogen) atoms. The molecule has 0 radical (unpaired) electrons. The lowest BCUT2D eigenvalue weighted by Gasteiger charge is -2.08. The van der Waals surface area contributed by atoms with Gasteiger partial charge in [0.1, 0.15) is 0 Å². The Labute approximate surface area is 146 Å². The Morgan fingerprint density at radius 3 is 2.68 bits per heavy atom. The quantitative estimate of drug-likeness (QED) is 0.709. The Kier molecular flexibility index (Phi) is 4.57. The number of anilines is 1. The third-order valence-corrected chi connectivity index (χ3v) is 4.23. The lowest BCUT2D eigenvalue weighted by atomic mass is 10.1. The van der Waals surface area contributed by atoms with E-state index in [0.717, 1.165) is 10.4 Å². The van der Waals surface area contributed by atoms with E-state index in [1.807, 2.05) is 6.92 Å². The summed E-state index contributed by atoms with van der Waals surface area (Å²) >= 11 is 1.28. The van der Waals surface area contributed by atoms with Crippen molar-refractivity contribution in [2.24, 2.45) is 7.05 Å². The maximum absolute atomic E-state index is 12.3. The molecular weight excluding hydrogens is 344 g/mol. The average molecular weight is 358 g/mol. The zero-order chi connectivity index (χ0) is 18.0. The summed E-state index contributed by atoms with van der Waals surface area (Å²) in [5, 5.41) is 9.46. The summed E-state index contributed by atoms with van der Waals surface area (Å²) in [6, 6.07) is 6.60. The predicted molar refractivity (Wildman–Crippen MR) is 92.7 cm³/mol. The number of ether oxygens (including phenoxy) is 1. The van der Waals surface area contributed by atoms with Crippen molar-refractivity contribution in [1.29, 1.82) is 0 Å². The number of aryl methyl sites for hydroxylation is 2. The van der Waals surface area contributed by atoms with Crippen LogP contribution in [-0.2, 0) is 16.6 Å². The first kappa shape index (κ1) is 16.8. The van der Waals surface area contributed by atoms with Crippen LogP contribution in [0.15, 0.2) is 34.4 Å². The summed E-state index contributed by atoms with van der Waals surface area (Å²) in [5.74, 6) is -1.28. The van der Waals surface area contributed by atoms with Crippen molar-refractivity contribution in [3.05, 3.63) is 51.4 Å². The van der Waals surface area contributed by atoms with Gasteiger partial charge < -0.3 is 4.74 Å². The normalized spacial score (nSPS) is 10.6. The molecule has 0 saturated heterocycles. The number of nitrogens with one attached hydrogen (secondary N) is 1. The minimum Gasteiger partial charge on any atom is -0.451 e. The van der Waals surface area contributed by atoms with Gasteiger partial charge in [0, 0.05) is 17.8 Å². The molecule has 1 N–H and O–H groups in total. The topological polar surface area (TPSA) is 103 Å². The largest absolute Gasteiger partial charge is 0.451 e. The molecule has 0 aliphatic carbocycles. The number of aromatic nitrogens is 3. The van der Waals surface area contributed by atoms with Crippen molar-refractivity contribution in [2.45, 2.75) is 6.92 Å². The summed E-state index contributed by atoms with van der Waals surface area (Å²) < 4.78 is 6.09. The number of fused-ring (bicyclic) bond motifs is 1. The molecule has 9 heteroatoms. The number of hydrogen-bond donors (Lipinski definition) is 1. The standard InChI is InChI=1S/C16H14N4O4S/c1-9-8-25-16(17-9)18-12(21)7-24-15(23)13-10-5-3-4-6-11(10)14(22)20(2)19-13/h3-6,8H,7H2,1-2H3,(H,17,18,21). The molecule has 0 aliphatic rings. The zero-order valence-corrected chi connectivity index (χ0v) is 14.3. The van der Waals surface area contributed by atoms with E-state index in [-0.39, 0.29) is 11.3 Å². The number of amides is 1. The fraction of sp³-hybridized carbons (Fsp3) is 0.188. The van der Waals surface area contributed by atoms with Gasteiger partial charge in [0.25, 0.3) is 11.5 Å². The van der Waals surface area contributed by atoms with E-state index < -0.39 is 18.5 Å². The number of carbonyl (C=O) groups is 2. The minimum absolute atomic E-state index is 0.0180. The number of rotatable bonds is 4. The van der Waals surface area contributed by atoms with Crippen molar-refractivity contribution in [2.75, 3.05) is 11.9 Å². The molecule has 0 bridgehead atoms. The second-order valence-electron chi connectivity index (χ2n) is 5.24. The molecule has 0 spiro atoms. The van der Waals surface area contributed by atoms with Crippen molar-refractivity contribution >= 4 is 39.1 Å².